The van der Waals surface area contributed by atoms with Gasteiger partial charge in [0.25, 0.3) is 0 Å². The minimum Gasteiger partial charge on any atom is -0.478 e. The third-order valence-corrected chi connectivity index (χ3v) is 2.76. The molecule has 23 heavy (non-hydrogen) atoms. The minimum absolute atomic E-state index is 0.0222. The summed E-state index contributed by atoms with van der Waals surface area (Å²) >= 11 is 0. The molecule has 122 valence electrons. The Morgan fingerprint density at radius 1 is 1.35 bits per heavy atom. The van der Waals surface area contributed by atoms with E-state index in [1.807, 2.05) is 0 Å². The van der Waals surface area contributed by atoms with E-state index in [0.29, 0.717) is 17.8 Å². The van der Waals surface area contributed by atoms with E-state index in [1.165, 1.54) is 19.1 Å². The topological polar surface area (TPSA) is 107 Å². The molecular weight excluding hydrogens is 304 g/mol. The first-order chi connectivity index (χ1) is 10.9. The van der Waals surface area contributed by atoms with Crippen LogP contribution >= 0.6 is 0 Å². The van der Waals surface area contributed by atoms with Gasteiger partial charge in [0, 0.05) is 30.1 Å². The number of ether oxygens (including phenoxy) is 2. The molecule has 0 bridgehead atoms. The molecule has 0 spiro atoms. The summed E-state index contributed by atoms with van der Waals surface area (Å²) in [5.41, 5.74) is 0.443. The molecule has 0 fully saturated rings. The first-order valence-corrected chi connectivity index (χ1v) is 6.83. The quantitative estimate of drug-likeness (QED) is 0.328. The molecule has 0 aliphatic heterocycles. The Balaban J connectivity index is 2.26. The molecule has 0 amide bonds. The van der Waals surface area contributed by atoms with Gasteiger partial charge in [0.1, 0.15) is 11.7 Å². The summed E-state index contributed by atoms with van der Waals surface area (Å²) in [6.07, 6.45) is 6.02. The SMILES string of the molecule is C/C(=C\C(=O)O)C(=O)OCCCC(=O)OC1=CCC(=C=O)C=C1. The maximum atomic E-state index is 11.6. The van der Waals surface area contributed by atoms with Crippen LogP contribution in [0.2, 0.25) is 0 Å². The second-order valence-corrected chi connectivity index (χ2v) is 4.65. The van der Waals surface area contributed by atoms with Crippen LogP contribution in [0.15, 0.2) is 41.2 Å². The van der Waals surface area contributed by atoms with Crippen molar-refractivity contribution in [1.29, 1.82) is 0 Å². The monoisotopic (exact) mass is 320 g/mol. The van der Waals surface area contributed by atoms with E-state index in [-0.39, 0.29) is 25.0 Å². The van der Waals surface area contributed by atoms with Crippen LogP contribution in [0.1, 0.15) is 26.2 Å². The summed E-state index contributed by atoms with van der Waals surface area (Å²) in [7, 11) is 0. The molecule has 1 aliphatic rings. The summed E-state index contributed by atoms with van der Waals surface area (Å²) in [6, 6.07) is 0. The van der Waals surface area contributed by atoms with E-state index in [0.717, 1.165) is 6.08 Å². The summed E-state index contributed by atoms with van der Waals surface area (Å²) in [6.45, 7) is 1.31. The fourth-order valence-corrected chi connectivity index (χ4v) is 1.60. The third kappa shape index (κ3) is 7.06. The van der Waals surface area contributed by atoms with Gasteiger partial charge in [0.2, 0.25) is 0 Å². The van der Waals surface area contributed by atoms with E-state index in [9.17, 15) is 19.2 Å². The van der Waals surface area contributed by atoms with Crippen LogP contribution in [0.4, 0.5) is 0 Å². The summed E-state index contributed by atoms with van der Waals surface area (Å²) in [5.74, 6) is -0.359. The number of rotatable bonds is 7. The van der Waals surface area contributed by atoms with Gasteiger partial charge in [-0.1, -0.05) is 0 Å². The molecule has 0 atom stereocenters. The van der Waals surface area contributed by atoms with Crippen LogP contribution in [0.25, 0.3) is 0 Å². The van der Waals surface area contributed by atoms with Crippen molar-refractivity contribution < 1.29 is 33.8 Å². The Morgan fingerprint density at radius 3 is 2.65 bits per heavy atom. The molecule has 0 saturated heterocycles. The lowest BCUT2D eigenvalue weighted by molar-refractivity contribution is -0.143. The van der Waals surface area contributed by atoms with E-state index >= 15 is 0 Å². The Morgan fingerprint density at radius 2 is 2.09 bits per heavy atom. The summed E-state index contributed by atoms with van der Waals surface area (Å²) in [5, 5.41) is 8.49. The normalized spacial score (nSPS) is 13.9. The minimum atomic E-state index is -1.23. The molecule has 1 rings (SSSR count). The highest BCUT2D eigenvalue weighted by Gasteiger charge is 2.11. The van der Waals surface area contributed by atoms with Gasteiger partial charge in [0.05, 0.1) is 6.61 Å². The molecule has 1 N–H and O–H groups in total. The molecule has 7 nitrogen and oxygen atoms in total. The molecule has 0 aromatic heterocycles. The van der Waals surface area contributed by atoms with Crippen molar-refractivity contribution in [2.75, 3.05) is 6.61 Å². The molecule has 0 aromatic rings. The number of aliphatic carboxylic acids is 1. The van der Waals surface area contributed by atoms with E-state index in [2.05, 4.69) is 0 Å². The van der Waals surface area contributed by atoms with Crippen LogP contribution in [0, 0.1) is 0 Å². The fraction of sp³-hybridized carbons (Fsp3) is 0.312. The highest BCUT2D eigenvalue weighted by Crippen LogP contribution is 2.15. The zero-order chi connectivity index (χ0) is 17.2. The van der Waals surface area contributed by atoms with Crippen molar-refractivity contribution in [2.24, 2.45) is 0 Å². The number of carbonyl (C=O) groups is 3. The predicted molar refractivity (Wildman–Crippen MR) is 78.7 cm³/mol. The second kappa shape index (κ2) is 9.17. The van der Waals surface area contributed by atoms with Gasteiger partial charge in [-0.25, -0.2) is 14.4 Å². The van der Waals surface area contributed by atoms with E-state index in [4.69, 9.17) is 14.6 Å². The lowest BCUT2D eigenvalue weighted by atomic mass is 10.1. The van der Waals surface area contributed by atoms with Crippen LogP contribution in [-0.4, -0.2) is 35.6 Å². The van der Waals surface area contributed by atoms with Crippen molar-refractivity contribution in [3.8, 4) is 0 Å². The van der Waals surface area contributed by atoms with E-state index < -0.39 is 17.9 Å². The molecule has 0 aromatic carbocycles. The standard InChI is InChI=1S/C16H16O7/c1-11(9-14(18)19)16(21)22-8-2-3-15(20)23-13-6-4-12(10-17)5-7-13/h4,6-7,9H,2-3,5,8H2,1H3,(H,18,19)/b11-9+. The number of allylic oxidation sites excluding steroid dienone is 4. The third-order valence-electron chi connectivity index (χ3n) is 2.76. The smallest absolute Gasteiger partial charge is 0.333 e. The molecule has 0 radical (unpaired) electrons. The lowest BCUT2D eigenvalue weighted by Gasteiger charge is -2.08. The number of carboxylic acid groups (broad SMARTS) is 1. The Hall–Kier alpha value is -2.92. The van der Waals surface area contributed by atoms with Crippen molar-refractivity contribution in [2.45, 2.75) is 26.2 Å². The van der Waals surface area contributed by atoms with Crippen LogP contribution in [-0.2, 0) is 28.7 Å². The van der Waals surface area contributed by atoms with Gasteiger partial charge in [0.15, 0.2) is 0 Å². The van der Waals surface area contributed by atoms with Gasteiger partial charge in [-0.15, -0.1) is 0 Å². The van der Waals surface area contributed by atoms with Crippen LogP contribution < -0.4 is 0 Å². The zero-order valence-corrected chi connectivity index (χ0v) is 12.5. The molecule has 0 heterocycles. The number of hydrogen-bond donors (Lipinski definition) is 1. The lowest BCUT2D eigenvalue weighted by Crippen LogP contribution is -2.11. The first kappa shape index (κ1) is 18.1. The molecule has 1 aliphatic carbocycles. The first-order valence-electron chi connectivity index (χ1n) is 6.83. The maximum Gasteiger partial charge on any atom is 0.333 e. The van der Waals surface area contributed by atoms with Crippen molar-refractivity contribution in [3.63, 3.8) is 0 Å². The number of carbonyl (C=O) groups excluding carboxylic acids is 3. The summed E-state index contributed by atoms with van der Waals surface area (Å²) < 4.78 is 9.87. The van der Waals surface area contributed by atoms with Crippen molar-refractivity contribution in [3.05, 3.63) is 41.2 Å². The summed E-state index contributed by atoms with van der Waals surface area (Å²) in [4.78, 5) is 43.7. The molecule has 7 heteroatoms. The second-order valence-electron chi connectivity index (χ2n) is 4.65. The Bertz CT molecular complexity index is 631. The highest BCUT2D eigenvalue weighted by molar-refractivity contribution is 5.95. The number of carboxylic acids is 1. The van der Waals surface area contributed by atoms with Gasteiger partial charge >= 0.3 is 17.9 Å². The van der Waals surface area contributed by atoms with Gasteiger partial charge in [-0.3, -0.25) is 4.79 Å². The molecule has 0 unspecified atom stereocenters. The Labute approximate surface area is 132 Å². The number of esters is 2. The van der Waals surface area contributed by atoms with Gasteiger partial charge in [-0.05, 0) is 31.6 Å². The molecule has 0 saturated carbocycles. The van der Waals surface area contributed by atoms with Crippen molar-refractivity contribution >= 4 is 23.8 Å². The van der Waals surface area contributed by atoms with Gasteiger partial charge < -0.3 is 14.6 Å². The molecular formula is C16H16O7. The van der Waals surface area contributed by atoms with Gasteiger partial charge in [-0.2, -0.15) is 0 Å². The highest BCUT2D eigenvalue weighted by atomic mass is 16.5. The van der Waals surface area contributed by atoms with Crippen LogP contribution in [0.3, 0.4) is 0 Å². The van der Waals surface area contributed by atoms with E-state index in [1.54, 1.807) is 12.0 Å². The van der Waals surface area contributed by atoms with Crippen LogP contribution in [0.5, 0.6) is 0 Å². The average molecular weight is 320 g/mol. The maximum absolute atomic E-state index is 11.6. The Kier molecular flexibility index (Phi) is 7.23. The van der Waals surface area contributed by atoms with Crippen molar-refractivity contribution in [1.82, 2.24) is 0 Å². The number of hydrogen-bond acceptors (Lipinski definition) is 6. The largest absolute Gasteiger partial charge is 0.478 e. The average Bonchev–Trinajstić information content (AvgIpc) is 2.51. The predicted octanol–water partition coefficient (Wildman–Crippen LogP) is 1.49. The fourth-order valence-electron chi connectivity index (χ4n) is 1.60. The zero-order valence-electron chi connectivity index (χ0n) is 12.5.